The van der Waals surface area contributed by atoms with Crippen molar-refractivity contribution in [3.63, 3.8) is 0 Å². The van der Waals surface area contributed by atoms with Crippen LogP contribution in [0.4, 0.5) is 4.39 Å². The Morgan fingerprint density at radius 3 is 2.30 bits per heavy atom. The second kappa shape index (κ2) is 10.7. The van der Waals surface area contributed by atoms with Crippen LogP contribution in [0.2, 0.25) is 0 Å². The normalized spacial score (nSPS) is 10.7. The predicted molar refractivity (Wildman–Crippen MR) is 135 cm³/mol. The van der Waals surface area contributed by atoms with E-state index in [1.165, 1.54) is 18.3 Å². The first kappa shape index (κ1) is 23.7. The first-order valence-corrected chi connectivity index (χ1v) is 11.6. The van der Waals surface area contributed by atoms with Gasteiger partial charge in [0.05, 0.1) is 17.4 Å². The number of rotatable bonds is 7. The number of para-hydroxylation sites is 1. The molecule has 9 heteroatoms. The zero-order valence-electron chi connectivity index (χ0n) is 19.6. The molecule has 0 unspecified atom stereocenters. The summed E-state index contributed by atoms with van der Waals surface area (Å²) in [6.07, 6.45) is 3.42. The van der Waals surface area contributed by atoms with Gasteiger partial charge in [-0.15, -0.1) is 0 Å². The Morgan fingerprint density at radius 1 is 0.865 bits per heavy atom. The number of nitrogens with zero attached hydrogens (tertiary/aromatic N) is 3. The van der Waals surface area contributed by atoms with Gasteiger partial charge < -0.3 is 4.42 Å². The standard InChI is InChI=1S/C28H22FN5O3/c29-21-13-11-19(12-14-21)24-17-30-26(37-24)16-15-25(35)31-32-28(36)23-18-34(22-9-5-2-6-10-22)33-27(23)20-7-3-1-4-8-20/h1-14,17-18H,15-16H2,(H,31,35)(H,32,36). The Hall–Kier alpha value is -5.05. The van der Waals surface area contributed by atoms with Crippen LogP contribution in [0.1, 0.15) is 22.7 Å². The molecular formula is C28H22FN5O3. The van der Waals surface area contributed by atoms with E-state index < -0.39 is 11.8 Å². The summed E-state index contributed by atoms with van der Waals surface area (Å²) in [6, 6.07) is 24.6. The lowest BCUT2D eigenvalue weighted by atomic mass is 10.1. The molecule has 3 aromatic carbocycles. The molecule has 0 aliphatic heterocycles. The molecule has 2 amide bonds. The molecule has 0 bridgehead atoms. The Labute approximate surface area is 211 Å². The van der Waals surface area contributed by atoms with Crippen molar-refractivity contribution in [1.29, 1.82) is 0 Å². The Morgan fingerprint density at radius 2 is 1.57 bits per heavy atom. The van der Waals surface area contributed by atoms with Gasteiger partial charge in [-0.3, -0.25) is 20.4 Å². The molecule has 0 fully saturated rings. The number of carbonyl (C=O) groups is 2. The maximum Gasteiger partial charge on any atom is 0.273 e. The van der Waals surface area contributed by atoms with E-state index in [1.807, 2.05) is 60.7 Å². The van der Waals surface area contributed by atoms with Crippen LogP contribution in [-0.2, 0) is 11.2 Å². The summed E-state index contributed by atoms with van der Waals surface area (Å²) in [5.41, 5.74) is 7.96. The van der Waals surface area contributed by atoms with Gasteiger partial charge in [0.25, 0.3) is 5.91 Å². The summed E-state index contributed by atoms with van der Waals surface area (Å²) in [7, 11) is 0. The fraction of sp³-hybridized carbons (Fsp3) is 0.0714. The summed E-state index contributed by atoms with van der Waals surface area (Å²) < 4.78 is 20.4. The van der Waals surface area contributed by atoms with Crippen molar-refractivity contribution in [3.05, 3.63) is 115 Å². The van der Waals surface area contributed by atoms with Crippen LogP contribution in [0.5, 0.6) is 0 Å². The molecule has 0 atom stereocenters. The van der Waals surface area contributed by atoms with E-state index in [-0.39, 0.29) is 18.7 Å². The fourth-order valence-corrected chi connectivity index (χ4v) is 3.71. The third-order valence-electron chi connectivity index (χ3n) is 5.59. The molecule has 2 N–H and O–H groups in total. The Bertz CT molecular complexity index is 1510. The topological polar surface area (TPSA) is 102 Å². The predicted octanol–water partition coefficient (Wildman–Crippen LogP) is 4.73. The summed E-state index contributed by atoms with van der Waals surface area (Å²) in [5.74, 6) is -0.412. The zero-order chi connectivity index (χ0) is 25.6. The molecule has 5 rings (SSSR count). The zero-order valence-corrected chi connectivity index (χ0v) is 19.6. The van der Waals surface area contributed by atoms with Gasteiger partial charge in [0.2, 0.25) is 5.91 Å². The van der Waals surface area contributed by atoms with Gasteiger partial charge in [0.1, 0.15) is 11.5 Å². The molecule has 0 aliphatic rings. The second-order valence-electron chi connectivity index (χ2n) is 8.16. The van der Waals surface area contributed by atoms with E-state index in [0.29, 0.717) is 28.5 Å². The second-order valence-corrected chi connectivity index (χ2v) is 8.16. The highest BCUT2D eigenvalue weighted by molar-refractivity contribution is 6.00. The third-order valence-corrected chi connectivity index (χ3v) is 5.59. The number of benzene rings is 3. The molecule has 8 nitrogen and oxygen atoms in total. The minimum atomic E-state index is -0.496. The van der Waals surface area contributed by atoms with Gasteiger partial charge in [-0.2, -0.15) is 5.10 Å². The maximum atomic E-state index is 13.1. The van der Waals surface area contributed by atoms with E-state index in [2.05, 4.69) is 20.9 Å². The monoisotopic (exact) mass is 495 g/mol. The lowest BCUT2D eigenvalue weighted by molar-refractivity contribution is -0.121. The molecule has 2 aromatic heterocycles. The van der Waals surface area contributed by atoms with Crippen molar-refractivity contribution in [1.82, 2.24) is 25.6 Å². The Balaban J connectivity index is 1.23. The van der Waals surface area contributed by atoms with Crippen molar-refractivity contribution in [3.8, 4) is 28.3 Å². The first-order valence-electron chi connectivity index (χ1n) is 11.6. The number of halogens is 1. The highest BCUT2D eigenvalue weighted by atomic mass is 19.1. The van der Waals surface area contributed by atoms with Gasteiger partial charge in [0, 0.05) is 30.2 Å². The SMILES string of the molecule is O=C(CCc1ncc(-c2ccc(F)cc2)o1)NNC(=O)c1cn(-c2ccccc2)nc1-c1ccccc1. The number of hydrogen-bond donors (Lipinski definition) is 2. The van der Waals surface area contributed by atoms with Crippen LogP contribution < -0.4 is 10.9 Å². The van der Waals surface area contributed by atoms with Crippen LogP contribution in [0, 0.1) is 5.82 Å². The molecule has 5 aromatic rings. The number of aromatic nitrogens is 3. The van der Waals surface area contributed by atoms with Gasteiger partial charge >= 0.3 is 0 Å². The molecular weight excluding hydrogens is 473 g/mol. The number of oxazole rings is 1. The number of hydrogen-bond acceptors (Lipinski definition) is 5. The van der Waals surface area contributed by atoms with E-state index in [4.69, 9.17) is 4.42 Å². The Kier molecular flexibility index (Phi) is 6.84. The van der Waals surface area contributed by atoms with Gasteiger partial charge in [-0.05, 0) is 36.4 Å². The van der Waals surface area contributed by atoms with E-state index >= 15 is 0 Å². The molecule has 37 heavy (non-hydrogen) atoms. The number of nitrogens with one attached hydrogen (secondary N) is 2. The lowest BCUT2D eigenvalue weighted by Crippen LogP contribution is -2.41. The number of hydrazine groups is 1. The number of carbonyl (C=O) groups excluding carboxylic acids is 2. The number of amides is 2. The van der Waals surface area contributed by atoms with E-state index in [9.17, 15) is 14.0 Å². The minimum Gasteiger partial charge on any atom is -0.441 e. The van der Waals surface area contributed by atoms with Crippen molar-refractivity contribution >= 4 is 11.8 Å². The average molecular weight is 496 g/mol. The largest absolute Gasteiger partial charge is 0.441 e. The summed E-state index contributed by atoms with van der Waals surface area (Å²) >= 11 is 0. The van der Waals surface area contributed by atoms with E-state index in [0.717, 1.165) is 11.3 Å². The van der Waals surface area contributed by atoms with Crippen molar-refractivity contribution in [2.24, 2.45) is 0 Å². The maximum absolute atomic E-state index is 13.1. The molecule has 0 radical (unpaired) electrons. The molecule has 0 saturated heterocycles. The fourth-order valence-electron chi connectivity index (χ4n) is 3.71. The van der Waals surface area contributed by atoms with E-state index in [1.54, 1.807) is 23.0 Å². The highest BCUT2D eigenvalue weighted by Gasteiger charge is 2.19. The molecule has 0 saturated carbocycles. The van der Waals surface area contributed by atoms with Crippen LogP contribution in [0.25, 0.3) is 28.3 Å². The van der Waals surface area contributed by atoms with Crippen molar-refractivity contribution in [2.45, 2.75) is 12.8 Å². The van der Waals surface area contributed by atoms with Crippen LogP contribution in [-0.4, -0.2) is 26.6 Å². The quantitative estimate of drug-likeness (QED) is 0.318. The first-order chi connectivity index (χ1) is 18.1. The molecule has 0 aliphatic carbocycles. The van der Waals surface area contributed by atoms with Crippen LogP contribution >= 0.6 is 0 Å². The van der Waals surface area contributed by atoms with Crippen molar-refractivity contribution in [2.75, 3.05) is 0 Å². The lowest BCUT2D eigenvalue weighted by Gasteiger charge is -2.07. The summed E-state index contributed by atoms with van der Waals surface area (Å²) in [5, 5.41) is 4.61. The smallest absolute Gasteiger partial charge is 0.273 e. The van der Waals surface area contributed by atoms with Crippen LogP contribution in [0.15, 0.2) is 102 Å². The average Bonchev–Trinajstić information content (AvgIpc) is 3.60. The molecule has 184 valence electrons. The number of aryl methyl sites for hydroxylation is 1. The van der Waals surface area contributed by atoms with Crippen LogP contribution in [0.3, 0.4) is 0 Å². The third kappa shape index (κ3) is 5.62. The summed E-state index contributed by atoms with van der Waals surface area (Å²) in [6.45, 7) is 0. The van der Waals surface area contributed by atoms with Gasteiger partial charge in [-0.1, -0.05) is 48.5 Å². The van der Waals surface area contributed by atoms with Crippen molar-refractivity contribution < 1.29 is 18.4 Å². The molecule has 2 heterocycles. The highest BCUT2D eigenvalue weighted by Crippen LogP contribution is 2.24. The minimum absolute atomic E-state index is 0.0401. The van der Waals surface area contributed by atoms with Gasteiger partial charge in [0.15, 0.2) is 11.7 Å². The molecule has 0 spiro atoms. The van der Waals surface area contributed by atoms with Gasteiger partial charge in [-0.25, -0.2) is 14.1 Å². The summed E-state index contributed by atoms with van der Waals surface area (Å²) in [4.78, 5) is 29.6.